The van der Waals surface area contributed by atoms with Gasteiger partial charge in [-0.05, 0) is 67.6 Å². The second kappa shape index (κ2) is 12.6. The van der Waals surface area contributed by atoms with Crippen molar-refractivity contribution < 1.29 is 17.5 Å². The number of nitrogens with zero attached hydrogens (tertiary/aromatic N) is 8. The Morgan fingerprint density at radius 2 is 1.76 bits per heavy atom. The van der Waals surface area contributed by atoms with Gasteiger partial charge in [0.2, 0.25) is 10.0 Å². The van der Waals surface area contributed by atoms with Gasteiger partial charge in [-0.25, -0.2) is 27.1 Å². The van der Waals surface area contributed by atoms with Crippen LogP contribution in [-0.4, -0.2) is 109 Å². The number of thiazole rings is 1. The molecule has 0 amide bonds. The van der Waals surface area contributed by atoms with E-state index in [0.29, 0.717) is 19.5 Å². The molecular weight excluding hydrogens is 616 g/mol. The van der Waals surface area contributed by atoms with E-state index >= 15 is 0 Å². The number of rotatable bonds is 10. The first-order chi connectivity index (χ1) is 21.8. The molecule has 6 heterocycles. The summed E-state index contributed by atoms with van der Waals surface area (Å²) < 4.78 is 48.8. The minimum atomic E-state index is -3.27. The quantitative estimate of drug-likeness (QED) is 0.253. The fourth-order valence-corrected chi connectivity index (χ4v) is 9.14. The number of aromatic nitrogens is 4. The van der Waals surface area contributed by atoms with Crippen LogP contribution in [0, 0.1) is 17.7 Å². The molecule has 14 heteroatoms. The molecule has 11 nitrogen and oxygen atoms in total. The Bertz CT molecular complexity index is 1740. The highest BCUT2D eigenvalue weighted by Gasteiger charge is 2.44. The maximum atomic E-state index is 13.4. The summed E-state index contributed by atoms with van der Waals surface area (Å²) in [7, 11) is -1.30. The average molecular weight is 655 g/mol. The largest absolute Gasteiger partial charge is 0.379 e. The van der Waals surface area contributed by atoms with Crippen molar-refractivity contribution in [2.45, 2.75) is 19.8 Å². The van der Waals surface area contributed by atoms with Gasteiger partial charge in [-0.3, -0.25) is 4.90 Å². The molecule has 3 saturated heterocycles. The van der Waals surface area contributed by atoms with E-state index in [-0.39, 0.29) is 23.4 Å². The summed E-state index contributed by atoms with van der Waals surface area (Å²) in [6.45, 7) is 8.78. The normalized spacial score (nSPS) is 21.2. The Morgan fingerprint density at radius 1 is 1.02 bits per heavy atom. The van der Waals surface area contributed by atoms with Crippen molar-refractivity contribution in [3.8, 4) is 11.3 Å². The van der Waals surface area contributed by atoms with Gasteiger partial charge in [0.1, 0.15) is 11.6 Å². The molecule has 0 radical (unpaired) electrons. The molecule has 3 aliphatic rings. The molecule has 2 atom stereocenters. The van der Waals surface area contributed by atoms with Gasteiger partial charge in [0.05, 0.1) is 30.4 Å². The monoisotopic (exact) mass is 654 g/mol. The van der Waals surface area contributed by atoms with Crippen molar-refractivity contribution in [3.63, 3.8) is 0 Å². The summed E-state index contributed by atoms with van der Waals surface area (Å²) >= 11 is 1.52. The van der Waals surface area contributed by atoms with Crippen LogP contribution in [0.3, 0.4) is 0 Å². The fourth-order valence-electron chi connectivity index (χ4n) is 6.75. The Kier molecular flexibility index (Phi) is 8.50. The summed E-state index contributed by atoms with van der Waals surface area (Å²) in [6.07, 6.45) is 1.39. The van der Waals surface area contributed by atoms with Gasteiger partial charge in [-0.1, -0.05) is 6.92 Å². The Labute approximate surface area is 267 Å². The number of morpholine rings is 1. The van der Waals surface area contributed by atoms with E-state index < -0.39 is 10.0 Å². The second-order valence-electron chi connectivity index (χ2n) is 12.1. The standard InChI is InChI=1S/C31H39FN8O3S2/c1-3-26-30(36(2)31-34-27(21-44-31)22-5-7-25(32)8-6-22)40-28(33-26)9-10-29(35-40)38-17-23-19-39(20-24(23)18-38)45(41,42)16-4-11-37-12-14-43-15-13-37/h5-10,21,23-24H,3-4,11-20H2,1-2H3. The molecule has 0 N–H and O–H groups in total. The molecule has 0 aliphatic carbocycles. The lowest BCUT2D eigenvalue weighted by molar-refractivity contribution is 0.0380. The van der Waals surface area contributed by atoms with Crippen LogP contribution in [0.2, 0.25) is 0 Å². The molecule has 1 aromatic carbocycles. The topological polar surface area (TPSA) is 99.4 Å². The number of sulfonamides is 1. The highest BCUT2D eigenvalue weighted by Crippen LogP contribution is 2.37. The highest BCUT2D eigenvalue weighted by atomic mass is 32.2. The second-order valence-corrected chi connectivity index (χ2v) is 15.1. The number of benzene rings is 1. The molecule has 45 heavy (non-hydrogen) atoms. The minimum absolute atomic E-state index is 0.201. The first kappa shape index (κ1) is 30.5. The van der Waals surface area contributed by atoms with Crippen molar-refractivity contribution >= 4 is 43.8 Å². The lowest BCUT2D eigenvalue weighted by Crippen LogP contribution is -2.39. The van der Waals surface area contributed by atoms with Crippen molar-refractivity contribution in [1.29, 1.82) is 0 Å². The molecule has 0 spiro atoms. The zero-order chi connectivity index (χ0) is 31.1. The van der Waals surface area contributed by atoms with Gasteiger partial charge in [-0.15, -0.1) is 16.4 Å². The van der Waals surface area contributed by atoms with Crippen LogP contribution < -0.4 is 9.80 Å². The predicted octanol–water partition coefficient (Wildman–Crippen LogP) is 3.74. The van der Waals surface area contributed by atoms with Crippen LogP contribution in [0.25, 0.3) is 16.9 Å². The average Bonchev–Trinajstić information content (AvgIpc) is 3.83. The summed E-state index contributed by atoms with van der Waals surface area (Å²) in [6, 6.07) is 10.4. The van der Waals surface area contributed by atoms with Gasteiger partial charge < -0.3 is 14.5 Å². The number of hydrogen-bond acceptors (Lipinski definition) is 10. The summed E-state index contributed by atoms with van der Waals surface area (Å²) in [5, 5.41) is 7.82. The molecule has 3 aromatic heterocycles. The first-order valence-electron chi connectivity index (χ1n) is 15.7. The molecule has 3 aliphatic heterocycles. The number of aryl methyl sites for hydroxylation is 1. The number of halogens is 1. The molecule has 0 saturated carbocycles. The smallest absolute Gasteiger partial charge is 0.214 e. The summed E-state index contributed by atoms with van der Waals surface area (Å²) in [5.74, 6) is 2.22. The molecular formula is C31H39FN8O3S2. The lowest BCUT2D eigenvalue weighted by atomic mass is 10.0. The van der Waals surface area contributed by atoms with Crippen LogP contribution in [0.1, 0.15) is 19.0 Å². The first-order valence-corrected chi connectivity index (χ1v) is 18.1. The number of fused-ring (bicyclic) bond motifs is 2. The van der Waals surface area contributed by atoms with Gasteiger partial charge >= 0.3 is 0 Å². The SMILES string of the molecule is CCc1nc2ccc(N3CC4CN(S(=O)(=O)CCCN5CCOCC5)CC4C3)nn2c1N(C)c1nc(-c2ccc(F)cc2)cs1. The van der Waals surface area contributed by atoms with E-state index in [2.05, 4.69) is 16.7 Å². The summed E-state index contributed by atoms with van der Waals surface area (Å²) in [4.78, 5) is 16.3. The zero-order valence-corrected chi connectivity index (χ0v) is 27.3. The summed E-state index contributed by atoms with van der Waals surface area (Å²) in [5.41, 5.74) is 3.34. The third-order valence-electron chi connectivity index (χ3n) is 9.23. The van der Waals surface area contributed by atoms with E-state index in [1.807, 2.05) is 34.0 Å². The van der Waals surface area contributed by atoms with E-state index in [0.717, 1.165) is 91.7 Å². The van der Waals surface area contributed by atoms with E-state index in [1.54, 1.807) is 16.4 Å². The zero-order valence-electron chi connectivity index (χ0n) is 25.7. The molecule has 0 bridgehead atoms. The van der Waals surface area contributed by atoms with Gasteiger partial charge in [-0.2, -0.15) is 4.52 Å². The third-order valence-corrected chi connectivity index (χ3v) is 12.0. The molecule has 4 aromatic rings. The molecule has 240 valence electrons. The lowest BCUT2D eigenvalue weighted by Gasteiger charge is -2.27. The van der Waals surface area contributed by atoms with Gasteiger partial charge in [0.15, 0.2) is 16.6 Å². The van der Waals surface area contributed by atoms with Crippen molar-refractivity contribution in [1.82, 2.24) is 28.8 Å². The van der Waals surface area contributed by atoms with E-state index in [9.17, 15) is 12.8 Å². The number of anilines is 3. The van der Waals surface area contributed by atoms with Crippen molar-refractivity contribution in [2.24, 2.45) is 11.8 Å². The van der Waals surface area contributed by atoms with Crippen LogP contribution in [0.15, 0.2) is 41.8 Å². The van der Waals surface area contributed by atoms with Gasteiger partial charge in [0, 0.05) is 57.3 Å². The third kappa shape index (κ3) is 6.18. The number of hydrogen-bond donors (Lipinski definition) is 0. The Morgan fingerprint density at radius 3 is 2.47 bits per heavy atom. The Hall–Kier alpha value is -3.17. The van der Waals surface area contributed by atoms with Crippen molar-refractivity contribution in [3.05, 3.63) is 53.3 Å². The van der Waals surface area contributed by atoms with E-state index in [4.69, 9.17) is 19.8 Å². The van der Waals surface area contributed by atoms with Crippen molar-refractivity contribution in [2.75, 3.05) is 81.6 Å². The highest BCUT2D eigenvalue weighted by molar-refractivity contribution is 7.89. The molecule has 2 unspecified atom stereocenters. The maximum Gasteiger partial charge on any atom is 0.214 e. The molecule has 3 fully saturated rings. The van der Waals surface area contributed by atoms with E-state index in [1.165, 1.54) is 23.5 Å². The minimum Gasteiger partial charge on any atom is -0.379 e. The molecule has 7 rings (SSSR count). The number of imidazole rings is 1. The van der Waals surface area contributed by atoms with Crippen LogP contribution >= 0.6 is 11.3 Å². The van der Waals surface area contributed by atoms with Crippen LogP contribution in [0.4, 0.5) is 21.2 Å². The maximum absolute atomic E-state index is 13.4. The van der Waals surface area contributed by atoms with Crippen LogP contribution in [0.5, 0.6) is 0 Å². The Balaban J connectivity index is 1.04. The predicted molar refractivity (Wildman–Crippen MR) is 174 cm³/mol. The number of ether oxygens (including phenoxy) is 1. The fraction of sp³-hybridized carbons (Fsp3) is 0.516. The van der Waals surface area contributed by atoms with Gasteiger partial charge in [0.25, 0.3) is 0 Å². The van der Waals surface area contributed by atoms with Crippen LogP contribution in [-0.2, 0) is 21.2 Å².